The maximum atomic E-state index is 12.4. The predicted molar refractivity (Wildman–Crippen MR) is 102 cm³/mol. The number of nitrogens with one attached hydrogen (secondary N) is 1. The molecule has 3 aromatic rings. The first-order valence-electron chi connectivity index (χ1n) is 8.58. The van der Waals surface area contributed by atoms with Gasteiger partial charge >= 0.3 is 0 Å². The van der Waals surface area contributed by atoms with Crippen LogP contribution in [0.1, 0.15) is 30.5 Å². The van der Waals surface area contributed by atoms with Gasteiger partial charge in [0.1, 0.15) is 5.75 Å². The molecule has 0 bridgehead atoms. The highest BCUT2D eigenvalue weighted by atomic mass is 16.5. The zero-order valence-corrected chi connectivity index (χ0v) is 14.7. The van der Waals surface area contributed by atoms with Crippen LogP contribution in [-0.4, -0.2) is 13.0 Å². The van der Waals surface area contributed by atoms with Gasteiger partial charge in [-0.15, -0.1) is 0 Å². The van der Waals surface area contributed by atoms with Gasteiger partial charge in [-0.1, -0.05) is 60.7 Å². The molecule has 128 valence electrons. The van der Waals surface area contributed by atoms with Gasteiger partial charge in [-0.25, -0.2) is 0 Å². The monoisotopic (exact) mass is 333 g/mol. The minimum absolute atomic E-state index is 0.0475. The van der Waals surface area contributed by atoms with Crippen molar-refractivity contribution in [2.24, 2.45) is 0 Å². The summed E-state index contributed by atoms with van der Waals surface area (Å²) >= 11 is 0. The number of para-hydroxylation sites is 1. The highest BCUT2D eigenvalue weighted by molar-refractivity contribution is 5.86. The number of aryl methyl sites for hydroxylation is 1. The molecule has 3 nitrogen and oxygen atoms in total. The van der Waals surface area contributed by atoms with Gasteiger partial charge in [-0.05, 0) is 35.7 Å². The summed E-state index contributed by atoms with van der Waals surface area (Å²) in [6.45, 7) is 1.98. The fraction of sp³-hybridized carbons (Fsp3) is 0.227. The van der Waals surface area contributed by atoms with Crippen molar-refractivity contribution in [3.63, 3.8) is 0 Å². The second-order valence-corrected chi connectivity index (χ2v) is 6.17. The zero-order valence-electron chi connectivity index (χ0n) is 14.7. The Bertz CT molecular complexity index is 867. The summed E-state index contributed by atoms with van der Waals surface area (Å²) in [7, 11) is 1.65. The average Bonchev–Trinajstić information content (AvgIpc) is 2.66. The van der Waals surface area contributed by atoms with E-state index in [2.05, 4.69) is 29.6 Å². The molecule has 3 rings (SSSR count). The van der Waals surface area contributed by atoms with E-state index in [0.29, 0.717) is 6.42 Å². The summed E-state index contributed by atoms with van der Waals surface area (Å²) in [6.07, 6.45) is 1.19. The van der Waals surface area contributed by atoms with Crippen molar-refractivity contribution in [2.75, 3.05) is 7.11 Å². The minimum Gasteiger partial charge on any atom is -0.496 e. The van der Waals surface area contributed by atoms with Crippen LogP contribution in [-0.2, 0) is 11.2 Å². The molecular weight excluding hydrogens is 310 g/mol. The van der Waals surface area contributed by atoms with Crippen molar-refractivity contribution in [1.29, 1.82) is 0 Å². The van der Waals surface area contributed by atoms with Crippen LogP contribution in [0.3, 0.4) is 0 Å². The van der Waals surface area contributed by atoms with E-state index < -0.39 is 0 Å². The van der Waals surface area contributed by atoms with Crippen LogP contribution < -0.4 is 10.1 Å². The fourth-order valence-corrected chi connectivity index (χ4v) is 3.17. The van der Waals surface area contributed by atoms with E-state index in [0.717, 1.165) is 17.7 Å². The lowest BCUT2D eigenvalue weighted by Crippen LogP contribution is -2.27. The third-order valence-electron chi connectivity index (χ3n) is 4.48. The molecule has 0 aliphatic carbocycles. The van der Waals surface area contributed by atoms with Crippen LogP contribution in [0, 0.1) is 0 Å². The van der Waals surface area contributed by atoms with Crippen LogP contribution in [0.5, 0.6) is 5.75 Å². The van der Waals surface area contributed by atoms with Gasteiger partial charge in [0.15, 0.2) is 0 Å². The number of rotatable bonds is 6. The van der Waals surface area contributed by atoms with Crippen molar-refractivity contribution in [1.82, 2.24) is 5.32 Å². The number of hydrogen-bond donors (Lipinski definition) is 1. The van der Waals surface area contributed by atoms with Gasteiger partial charge in [-0.2, -0.15) is 0 Å². The molecule has 0 aliphatic rings. The Labute approximate surface area is 148 Å². The van der Waals surface area contributed by atoms with Crippen LogP contribution in [0.4, 0.5) is 0 Å². The van der Waals surface area contributed by atoms with Gasteiger partial charge in [0, 0.05) is 12.0 Å². The van der Waals surface area contributed by atoms with E-state index in [-0.39, 0.29) is 11.9 Å². The maximum absolute atomic E-state index is 12.4. The van der Waals surface area contributed by atoms with Gasteiger partial charge in [0.05, 0.1) is 13.2 Å². The number of carbonyl (C=O) groups is 1. The van der Waals surface area contributed by atoms with Crippen molar-refractivity contribution in [3.8, 4) is 5.75 Å². The highest BCUT2D eigenvalue weighted by Crippen LogP contribution is 2.24. The average molecular weight is 333 g/mol. The highest BCUT2D eigenvalue weighted by Gasteiger charge is 2.13. The standard InChI is InChI=1S/C22H23NO2/c1-16(19-11-5-6-13-21(19)25-2)23-22(24)15-14-18-10-7-9-17-8-3-4-12-20(17)18/h3-13,16H,14-15H2,1-2H3,(H,23,24). The molecule has 0 aliphatic heterocycles. The third kappa shape index (κ3) is 4.00. The van der Waals surface area contributed by atoms with Crippen molar-refractivity contribution < 1.29 is 9.53 Å². The van der Waals surface area contributed by atoms with E-state index in [4.69, 9.17) is 4.74 Å². The maximum Gasteiger partial charge on any atom is 0.220 e. The number of methoxy groups -OCH3 is 1. The minimum atomic E-state index is -0.0869. The lowest BCUT2D eigenvalue weighted by atomic mass is 10.0. The predicted octanol–water partition coefficient (Wildman–Crippen LogP) is 4.66. The molecule has 0 radical (unpaired) electrons. The fourth-order valence-electron chi connectivity index (χ4n) is 3.17. The topological polar surface area (TPSA) is 38.3 Å². The number of benzene rings is 3. The van der Waals surface area contributed by atoms with Crippen LogP contribution in [0.15, 0.2) is 66.7 Å². The number of ether oxygens (including phenoxy) is 1. The van der Waals surface area contributed by atoms with E-state index in [9.17, 15) is 4.79 Å². The third-order valence-corrected chi connectivity index (χ3v) is 4.48. The smallest absolute Gasteiger partial charge is 0.220 e. The Morgan fingerprint density at radius 1 is 1.00 bits per heavy atom. The zero-order chi connectivity index (χ0) is 17.6. The van der Waals surface area contributed by atoms with E-state index in [1.165, 1.54) is 16.3 Å². The van der Waals surface area contributed by atoms with Gasteiger partial charge < -0.3 is 10.1 Å². The van der Waals surface area contributed by atoms with Crippen LogP contribution >= 0.6 is 0 Å². The first kappa shape index (κ1) is 17.0. The Hall–Kier alpha value is -2.81. The SMILES string of the molecule is COc1ccccc1C(C)NC(=O)CCc1cccc2ccccc12. The molecule has 0 aromatic heterocycles. The van der Waals surface area contributed by atoms with Gasteiger partial charge in [0.25, 0.3) is 0 Å². The molecule has 0 saturated heterocycles. The van der Waals surface area contributed by atoms with E-state index >= 15 is 0 Å². The molecule has 1 amide bonds. The second kappa shape index (κ2) is 7.84. The molecule has 0 heterocycles. The summed E-state index contributed by atoms with van der Waals surface area (Å²) in [6, 6.07) is 22.2. The molecule has 1 unspecified atom stereocenters. The summed E-state index contributed by atoms with van der Waals surface area (Å²) in [5.74, 6) is 0.843. The number of fused-ring (bicyclic) bond motifs is 1. The largest absolute Gasteiger partial charge is 0.496 e. The molecule has 0 fully saturated rings. The molecule has 0 spiro atoms. The quantitative estimate of drug-likeness (QED) is 0.712. The van der Waals surface area contributed by atoms with Crippen LogP contribution in [0.2, 0.25) is 0 Å². The summed E-state index contributed by atoms with van der Waals surface area (Å²) in [5, 5.41) is 5.50. The Kier molecular flexibility index (Phi) is 5.34. The lowest BCUT2D eigenvalue weighted by molar-refractivity contribution is -0.121. The molecule has 3 aromatic carbocycles. The molecule has 3 heteroatoms. The molecule has 1 atom stereocenters. The van der Waals surface area contributed by atoms with E-state index in [1.807, 2.05) is 49.4 Å². The van der Waals surface area contributed by atoms with Crippen molar-refractivity contribution >= 4 is 16.7 Å². The Morgan fingerprint density at radius 3 is 2.56 bits per heavy atom. The molecular formula is C22H23NO2. The Balaban J connectivity index is 1.64. The normalized spacial score (nSPS) is 11.9. The lowest BCUT2D eigenvalue weighted by Gasteiger charge is -2.17. The molecule has 1 N–H and O–H groups in total. The second-order valence-electron chi connectivity index (χ2n) is 6.17. The molecule has 0 saturated carbocycles. The van der Waals surface area contributed by atoms with Gasteiger partial charge in [-0.3, -0.25) is 4.79 Å². The summed E-state index contributed by atoms with van der Waals surface area (Å²) < 4.78 is 5.37. The number of hydrogen-bond acceptors (Lipinski definition) is 2. The van der Waals surface area contributed by atoms with E-state index in [1.54, 1.807) is 7.11 Å². The number of carbonyl (C=O) groups excluding carboxylic acids is 1. The first-order valence-corrected chi connectivity index (χ1v) is 8.58. The molecule has 25 heavy (non-hydrogen) atoms. The summed E-state index contributed by atoms with van der Waals surface area (Å²) in [5.41, 5.74) is 2.20. The van der Waals surface area contributed by atoms with Crippen LogP contribution in [0.25, 0.3) is 10.8 Å². The Morgan fingerprint density at radius 2 is 1.72 bits per heavy atom. The van der Waals surface area contributed by atoms with Crippen molar-refractivity contribution in [3.05, 3.63) is 77.9 Å². The van der Waals surface area contributed by atoms with Gasteiger partial charge in [0.2, 0.25) is 5.91 Å². The summed E-state index contributed by atoms with van der Waals surface area (Å²) in [4.78, 5) is 12.4. The number of amides is 1. The first-order chi connectivity index (χ1) is 12.2. The van der Waals surface area contributed by atoms with Crippen molar-refractivity contribution in [2.45, 2.75) is 25.8 Å².